The molecule has 0 aliphatic carbocycles. The van der Waals surface area contributed by atoms with Gasteiger partial charge in [-0.1, -0.05) is 11.3 Å². The molecule has 2 rings (SSSR count). The first-order valence-corrected chi connectivity index (χ1v) is 6.67. The summed E-state index contributed by atoms with van der Waals surface area (Å²) < 4.78 is 11.6. The quantitative estimate of drug-likeness (QED) is 0.637. The van der Waals surface area contributed by atoms with E-state index in [0.29, 0.717) is 6.61 Å². The van der Waals surface area contributed by atoms with Gasteiger partial charge in [-0.25, -0.2) is 10.8 Å². The van der Waals surface area contributed by atoms with Gasteiger partial charge in [-0.15, -0.1) is 0 Å². The van der Waals surface area contributed by atoms with Crippen LogP contribution in [-0.4, -0.2) is 23.3 Å². The molecule has 96 valence electrons. The Labute approximate surface area is 105 Å². The summed E-state index contributed by atoms with van der Waals surface area (Å²) >= 11 is 1.52. The van der Waals surface area contributed by atoms with Gasteiger partial charge in [-0.3, -0.25) is 5.43 Å². The number of anilines is 1. The third-order valence-corrected chi connectivity index (χ3v) is 3.69. The molecule has 1 aromatic rings. The Hall–Kier alpha value is -0.690. The molecule has 1 aromatic heterocycles. The molecule has 1 fully saturated rings. The van der Waals surface area contributed by atoms with Crippen LogP contribution in [0.25, 0.3) is 0 Å². The fourth-order valence-electron chi connectivity index (χ4n) is 2.12. The SMILES string of the molecule is CC1CC(OCc2cnc(NN)s2)CC(C)O1. The minimum absolute atomic E-state index is 0.283. The first-order chi connectivity index (χ1) is 8.17. The molecule has 2 unspecified atom stereocenters. The zero-order valence-corrected chi connectivity index (χ0v) is 11.0. The summed E-state index contributed by atoms with van der Waals surface area (Å²) in [6.07, 6.45) is 4.57. The standard InChI is InChI=1S/C11H19N3O2S/c1-7-3-9(4-8(2)16-7)15-6-10-5-13-11(14-12)17-10/h5,7-9H,3-4,6,12H2,1-2H3,(H,13,14). The van der Waals surface area contributed by atoms with Crippen LogP contribution in [0.5, 0.6) is 0 Å². The summed E-state index contributed by atoms with van der Waals surface area (Å²) in [4.78, 5) is 5.19. The Morgan fingerprint density at radius 2 is 2.24 bits per heavy atom. The number of nitrogens with one attached hydrogen (secondary N) is 1. The summed E-state index contributed by atoms with van der Waals surface area (Å²) in [6.45, 7) is 4.79. The van der Waals surface area contributed by atoms with Crippen LogP contribution < -0.4 is 11.3 Å². The predicted molar refractivity (Wildman–Crippen MR) is 67.7 cm³/mol. The number of thiazole rings is 1. The molecule has 6 heteroatoms. The van der Waals surface area contributed by atoms with E-state index in [1.54, 1.807) is 6.20 Å². The molecule has 1 saturated heterocycles. The highest BCUT2D eigenvalue weighted by molar-refractivity contribution is 7.15. The first-order valence-electron chi connectivity index (χ1n) is 5.85. The van der Waals surface area contributed by atoms with Crippen LogP contribution in [0.4, 0.5) is 5.13 Å². The highest BCUT2D eigenvalue weighted by Gasteiger charge is 2.24. The van der Waals surface area contributed by atoms with E-state index in [1.165, 1.54) is 11.3 Å². The molecule has 0 aromatic carbocycles. The van der Waals surface area contributed by atoms with Gasteiger partial charge in [-0.2, -0.15) is 0 Å². The monoisotopic (exact) mass is 257 g/mol. The van der Waals surface area contributed by atoms with E-state index < -0.39 is 0 Å². The number of hydrazine groups is 1. The van der Waals surface area contributed by atoms with Gasteiger partial charge in [0.05, 0.1) is 29.8 Å². The molecule has 17 heavy (non-hydrogen) atoms. The van der Waals surface area contributed by atoms with Crippen molar-refractivity contribution >= 4 is 16.5 Å². The Morgan fingerprint density at radius 3 is 2.82 bits per heavy atom. The number of hydrogen-bond donors (Lipinski definition) is 2. The summed E-state index contributed by atoms with van der Waals surface area (Å²) in [6, 6.07) is 0. The molecule has 1 aliphatic heterocycles. The highest BCUT2D eigenvalue weighted by atomic mass is 32.1. The number of nitrogens with zero attached hydrogens (tertiary/aromatic N) is 1. The maximum Gasteiger partial charge on any atom is 0.197 e. The predicted octanol–water partition coefficient (Wildman–Crippen LogP) is 1.90. The average molecular weight is 257 g/mol. The molecule has 0 saturated carbocycles. The third-order valence-electron chi connectivity index (χ3n) is 2.79. The molecule has 1 aliphatic rings. The zero-order valence-electron chi connectivity index (χ0n) is 10.2. The molecular formula is C11H19N3O2S. The van der Waals surface area contributed by atoms with Crippen LogP contribution in [0.3, 0.4) is 0 Å². The van der Waals surface area contributed by atoms with Crippen LogP contribution in [-0.2, 0) is 16.1 Å². The summed E-state index contributed by atoms with van der Waals surface area (Å²) in [5, 5.41) is 0.720. The van der Waals surface area contributed by atoms with Crippen molar-refractivity contribution in [3.8, 4) is 0 Å². The van der Waals surface area contributed by atoms with Crippen molar-refractivity contribution in [1.82, 2.24) is 4.98 Å². The molecule has 2 heterocycles. The lowest BCUT2D eigenvalue weighted by Crippen LogP contribution is -2.33. The molecule has 0 spiro atoms. The third kappa shape index (κ3) is 3.64. The van der Waals surface area contributed by atoms with Crippen molar-refractivity contribution in [2.75, 3.05) is 5.43 Å². The molecular weight excluding hydrogens is 238 g/mol. The van der Waals surface area contributed by atoms with E-state index >= 15 is 0 Å². The fraction of sp³-hybridized carbons (Fsp3) is 0.727. The zero-order chi connectivity index (χ0) is 12.3. The Kier molecular flexibility index (Phi) is 4.33. The highest BCUT2D eigenvalue weighted by Crippen LogP contribution is 2.24. The van der Waals surface area contributed by atoms with Gasteiger partial charge in [0, 0.05) is 6.20 Å². The van der Waals surface area contributed by atoms with E-state index in [2.05, 4.69) is 24.3 Å². The van der Waals surface area contributed by atoms with Crippen LogP contribution in [0.2, 0.25) is 0 Å². The number of nitrogen functional groups attached to an aromatic ring is 1. The van der Waals surface area contributed by atoms with Gasteiger partial charge in [0.25, 0.3) is 0 Å². The minimum atomic E-state index is 0.283. The normalized spacial score (nSPS) is 29.2. The fourth-order valence-corrected chi connectivity index (χ4v) is 2.77. The first kappa shape index (κ1) is 12.8. The number of rotatable bonds is 4. The summed E-state index contributed by atoms with van der Waals surface area (Å²) in [7, 11) is 0. The number of nitrogens with two attached hydrogens (primary N) is 1. The molecule has 0 amide bonds. The number of ether oxygens (including phenoxy) is 2. The van der Waals surface area contributed by atoms with Gasteiger partial charge < -0.3 is 9.47 Å². The lowest BCUT2D eigenvalue weighted by Gasteiger charge is -2.31. The topological polar surface area (TPSA) is 69.4 Å². The van der Waals surface area contributed by atoms with E-state index in [9.17, 15) is 0 Å². The van der Waals surface area contributed by atoms with Crippen molar-refractivity contribution in [2.45, 2.75) is 51.6 Å². The Bertz CT molecular complexity index is 348. The Morgan fingerprint density at radius 1 is 1.53 bits per heavy atom. The molecule has 0 radical (unpaired) electrons. The number of hydrogen-bond acceptors (Lipinski definition) is 6. The molecule has 2 atom stereocenters. The van der Waals surface area contributed by atoms with Gasteiger partial charge in [-0.05, 0) is 26.7 Å². The van der Waals surface area contributed by atoms with Crippen LogP contribution in [0.1, 0.15) is 31.6 Å². The largest absolute Gasteiger partial charge is 0.375 e. The van der Waals surface area contributed by atoms with Crippen molar-refractivity contribution in [3.05, 3.63) is 11.1 Å². The van der Waals surface area contributed by atoms with Gasteiger partial charge in [0.15, 0.2) is 5.13 Å². The second-order valence-corrected chi connectivity index (χ2v) is 5.55. The lowest BCUT2D eigenvalue weighted by molar-refractivity contribution is -0.105. The van der Waals surface area contributed by atoms with Crippen molar-refractivity contribution < 1.29 is 9.47 Å². The van der Waals surface area contributed by atoms with Crippen LogP contribution >= 0.6 is 11.3 Å². The van der Waals surface area contributed by atoms with E-state index in [-0.39, 0.29) is 18.3 Å². The second-order valence-electron chi connectivity index (χ2n) is 4.44. The minimum Gasteiger partial charge on any atom is -0.375 e. The summed E-state index contributed by atoms with van der Waals surface area (Å²) in [5.41, 5.74) is 2.53. The lowest BCUT2D eigenvalue weighted by atomic mass is 10.0. The van der Waals surface area contributed by atoms with Gasteiger partial charge in [0.1, 0.15) is 0 Å². The van der Waals surface area contributed by atoms with Crippen molar-refractivity contribution in [2.24, 2.45) is 5.84 Å². The van der Waals surface area contributed by atoms with Crippen molar-refractivity contribution in [1.29, 1.82) is 0 Å². The average Bonchev–Trinajstić information content (AvgIpc) is 2.73. The van der Waals surface area contributed by atoms with Crippen LogP contribution in [0.15, 0.2) is 6.20 Å². The Balaban J connectivity index is 1.81. The smallest absolute Gasteiger partial charge is 0.197 e. The van der Waals surface area contributed by atoms with E-state index in [4.69, 9.17) is 15.3 Å². The number of aromatic nitrogens is 1. The summed E-state index contributed by atoms with van der Waals surface area (Å²) in [5.74, 6) is 5.28. The van der Waals surface area contributed by atoms with E-state index in [0.717, 1.165) is 22.9 Å². The van der Waals surface area contributed by atoms with Crippen molar-refractivity contribution in [3.63, 3.8) is 0 Å². The van der Waals surface area contributed by atoms with Crippen LogP contribution in [0, 0.1) is 0 Å². The second kappa shape index (κ2) is 5.77. The maximum absolute atomic E-state index is 5.89. The maximum atomic E-state index is 5.89. The van der Waals surface area contributed by atoms with Gasteiger partial charge >= 0.3 is 0 Å². The molecule has 5 nitrogen and oxygen atoms in total. The van der Waals surface area contributed by atoms with E-state index in [1.807, 2.05) is 0 Å². The van der Waals surface area contributed by atoms with Gasteiger partial charge in [0.2, 0.25) is 0 Å². The molecule has 3 N–H and O–H groups in total. The molecule has 0 bridgehead atoms.